The lowest BCUT2D eigenvalue weighted by Crippen LogP contribution is -2.14. The minimum absolute atomic E-state index is 0.155. The van der Waals surface area contributed by atoms with Crippen molar-refractivity contribution < 1.29 is 18.8 Å². The van der Waals surface area contributed by atoms with Gasteiger partial charge < -0.3 is 19.3 Å². The Bertz CT molecular complexity index is 924. The number of benzene rings is 2. The summed E-state index contributed by atoms with van der Waals surface area (Å²) in [6.45, 7) is 0. The van der Waals surface area contributed by atoms with Crippen LogP contribution in [-0.2, 0) is 10.5 Å². The van der Waals surface area contributed by atoms with Crippen LogP contribution in [-0.4, -0.2) is 36.0 Å². The summed E-state index contributed by atoms with van der Waals surface area (Å²) < 4.78 is 15.6. The van der Waals surface area contributed by atoms with Crippen LogP contribution in [0.5, 0.6) is 11.5 Å². The Labute approximate surface area is 171 Å². The third-order valence-corrected chi connectivity index (χ3v) is 4.83. The molecule has 0 radical (unpaired) electrons. The van der Waals surface area contributed by atoms with Crippen molar-refractivity contribution in [2.45, 2.75) is 5.75 Å². The van der Waals surface area contributed by atoms with Gasteiger partial charge in [-0.2, -0.15) is 4.98 Å². The van der Waals surface area contributed by atoms with Gasteiger partial charge in [-0.1, -0.05) is 16.8 Å². The van der Waals surface area contributed by atoms with E-state index in [0.29, 0.717) is 39.7 Å². The van der Waals surface area contributed by atoms with Crippen molar-refractivity contribution in [1.29, 1.82) is 0 Å². The predicted octanol–water partition coefficient (Wildman–Crippen LogP) is 4.28. The number of hydrogen-bond donors (Lipinski definition) is 1. The van der Waals surface area contributed by atoms with Crippen molar-refractivity contribution in [1.82, 2.24) is 10.1 Å². The summed E-state index contributed by atoms with van der Waals surface area (Å²) >= 11 is 7.25. The summed E-state index contributed by atoms with van der Waals surface area (Å²) in [7, 11) is 3.11. The number of thioether (sulfide) groups is 1. The molecule has 0 aliphatic heterocycles. The molecule has 0 saturated carbocycles. The fourth-order valence-electron chi connectivity index (χ4n) is 2.34. The average Bonchev–Trinajstić information content (AvgIpc) is 3.17. The molecule has 1 aromatic heterocycles. The molecule has 3 rings (SSSR count). The maximum atomic E-state index is 12.2. The summed E-state index contributed by atoms with van der Waals surface area (Å²) in [5, 5.41) is 7.41. The summed E-state index contributed by atoms with van der Waals surface area (Å²) in [4.78, 5) is 16.5. The third-order valence-electron chi connectivity index (χ3n) is 3.66. The van der Waals surface area contributed by atoms with E-state index >= 15 is 0 Å². The molecule has 0 saturated heterocycles. The zero-order chi connectivity index (χ0) is 19.9. The van der Waals surface area contributed by atoms with E-state index in [9.17, 15) is 4.79 Å². The van der Waals surface area contributed by atoms with E-state index in [4.69, 9.17) is 25.6 Å². The summed E-state index contributed by atoms with van der Waals surface area (Å²) in [6, 6.07) is 12.3. The second-order valence-corrected chi connectivity index (χ2v) is 7.08. The largest absolute Gasteiger partial charge is 0.497 e. The standard InChI is InChI=1S/C19H18ClN3O4S/c1-25-15-7-14(8-16(9-15)26-2)21-17(24)10-28-11-18-22-19(23-27-18)12-3-5-13(20)6-4-12/h3-9H,10-11H2,1-2H3,(H,21,24). The Morgan fingerprint density at radius 3 is 2.46 bits per heavy atom. The molecule has 1 heterocycles. The van der Waals surface area contributed by atoms with Crippen LogP contribution < -0.4 is 14.8 Å². The summed E-state index contributed by atoms with van der Waals surface area (Å²) in [6.07, 6.45) is 0. The molecule has 7 nitrogen and oxygen atoms in total. The fourth-order valence-corrected chi connectivity index (χ4v) is 3.11. The molecule has 0 aliphatic carbocycles. The molecule has 0 aliphatic rings. The van der Waals surface area contributed by atoms with Crippen molar-refractivity contribution in [3.05, 3.63) is 53.4 Å². The molecule has 3 aromatic rings. The minimum atomic E-state index is -0.155. The number of amides is 1. The summed E-state index contributed by atoms with van der Waals surface area (Å²) in [5.41, 5.74) is 1.42. The van der Waals surface area contributed by atoms with Gasteiger partial charge in [0.25, 0.3) is 0 Å². The number of aromatic nitrogens is 2. The van der Waals surface area contributed by atoms with Gasteiger partial charge in [0, 0.05) is 34.5 Å². The molecule has 0 atom stereocenters. The number of methoxy groups -OCH3 is 2. The van der Waals surface area contributed by atoms with Crippen molar-refractivity contribution in [3.8, 4) is 22.9 Å². The van der Waals surface area contributed by atoms with Crippen LogP contribution >= 0.6 is 23.4 Å². The Hall–Kier alpha value is -2.71. The maximum absolute atomic E-state index is 12.2. The van der Waals surface area contributed by atoms with Gasteiger partial charge in [0.2, 0.25) is 17.6 Å². The lowest BCUT2D eigenvalue weighted by molar-refractivity contribution is -0.113. The van der Waals surface area contributed by atoms with Gasteiger partial charge in [-0.3, -0.25) is 4.79 Å². The monoisotopic (exact) mass is 419 g/mol. The molecule has 0 bridgehead atoms. The zero-order valence-electron chi connectivity index (χ0n) is 15.3. The van der Waals surface area contributed by atoms with E-state index in [1.807, 2.05) is 12.1 Å². The topological polar surface area (TPSA) is 86.5 Å². The van der Waals surface area contributed by atoms with E-state index in [-0.39, 0.29) is 11.7 Å². The van der Waals surface area contributed by atoms with E-state index < -0.39 is 0 Å². The molecule has 28 heavy (non-hydrogen) atoms. The SMILES string of the molecule is COc1cc(NC(=O)CSCc2nc(-c3ccc(Cl)cc3)no2)cc(OC)c1. The van der Waals surface area contributed by atoms with Gasteiger partial charge in [-0.05, 0) is 24.3 Å². The van der Waals surface area contributed by atoms with E-state index in [2.05, 4.69) is 15.5 Å². The van der Waals surface area contributed by atoms with Gasteiger partial charge >= 0.3 is 0 Å². The fraction of sp³-hybridized carbons (Fsp3) is 0.211. The first-order valence-corrected chi connectivity index (χ1v) is 9.80. The van der Waals surface area contributed by atoms with Crippen LogP contribution in [0.4, 0.5) is 5.69 Å². The van der Waals surface area contributed by atoms with Gasteiger partial charge in [-0.25, -0.2) is 0 Å². The van der Waals surface area contributed by atoms with Crippen LogP contribution in [0, 0.1) is 0 Å². The number of nitrogens with zero attached hydrogens (tertiary/aromatic N) is 2. The molecule has 0 fully saturated rings. The number of ether oxygens (including phenoxy) is 2. The zero-order valence-corrected chi connectivity index (χ0v) is 16.8. The van der Waals surface area contributed by atoms with Crippen LogP contribution in [0.1, 0.15) is 5.89 Å². The first kappa shape index (κ1) is 20.0. The van der Waals surface area contributed by atoms with Crippen molar-refractivity contribution >= 4 is 35.0 Å². The first-order chi connectivity index (χ1) is 13.6. The quantitative estimate of drug-likeness (QED) is 0.583. The number of carbonyl (C=O) groups is 1. The Morgan fingerprint density at radius 2 is 1.82 bits per heavy atom. The highest BCUT2D eigenvalue weighted by Gasteiger charge is 2.11. The summed E-state index contributed by atoms with van der Waals surface area (Å²) in [5.74, 6) is 2.64. The number of carbonyl (C=O) groups excluding carboxylic acids is 1. The molecule has 1 amide bonds. The van der Waals surface area contributed by atoms with Gasteiger partial charge in [-0.15, -0.1) is 11.8 Å². The van der Waals surface area contributed by atoms with Crippen LogP contribution in [0.15, 0.2) is 47.0 Å². The predicted molar refractivity (Wildman–Crippen MR) is 109 cm³/mol. The molecule has 0 unspecified atom stereocenters. The first-order valence-electron chi connectivity index (χ1n) is 8.26. The molecule has 146 valence electrons. The minimum Gasteiger partial charge on any atom is -0.497 e. The van der Waals surface area contributed by atoms with Gasteiger partial charge in [0.05, 0.1) is 25.7 Å². The lowest BCUT2D eigenvalue weighted by Gasteiger charge is -2.09. The van der Waals surface area contributed by atoms with Crippen LogP contribution in [0.25, 0.3) is 11.4 Å². The molecular formula is C19H18ClN3O4S. The van der Waals surface area contributed by atoms with Gasteiger partial charge in [0.1, 0.15) is 11.5 Å². The number of halogens is 1. The highest BCUT2D eigenvalue weighted by atomic mass is 35.5. The molecule has 2 aromatic carbocycles. The smallest absolute Gasteiger partial charge is 0.236 e. The van der Waals surface area contributed by atoms with E-state index in [1.54, 1.807) is 44.6 Å². The van der Waals surface area contributed by atoms with Gasteiger partial charge in [0.15, 0.2) is 0 Å². The van der Waals surface area contributed by atoms with Crippen LogP contribution in [0.3, 0.4) is 0 Å². The third kappa shape index (κ3) is 5.40. The maximum Gasteiger partial charge on any atom is 0.236 e. The highest BCUT2D eigenvalue weighted by Crippen LogP contribution is 2.26. The number of hydrogen-bond acceptors (Lipinski definition) is 7. The second kappa shape index (κ2) is 9.48. The highest BCUT2D eigenvalue weighted by molar-refractivity contribution is 7.99. The number of anilines is 1. The van der Waals surface area contributed by atoms with E-state index in [1.165, 1.54) is 11.8 Å². The number of nitrogens with one attached hydrogen (secondary N) is 1. The van der Waals surface area contributed by atoms with Crippen molar-refractivity contribution in [2.24, 2.45) is 0 Å². The van der Waals surface area contributed by atoms with E-state index in [0.717, 1.165) is 5.56 Å². The van der Waals surface area contributed by atoms with Crippen molar-refractivity contribution in [2.75, 3.05) is 25.3 Å². The second-order valence-electron chi connectivity index (χ2n) is 5.66. The lowest BCUT2D eigenvalue weighted by atomic mass is 10.2. The van der Waals surface area contributed by atoms with Crippen LogP contribution in [0.2, 0.25) is 5.02 Å². The van der Waals surface area contributed by atoms with Crippen molar-refractivity contribution in [3.63, 3.8) is 0 Å². The Kier molecular flexibility index (Phi) is 6.78. The molecule has 9 heteroatoms. The molecule has 1 N–H and O–H groups in total. The average molecular weight is 420 g/mol. The normalized spacial score (nSPS) is 10.5. The number of rotatable bonds is 8. The molecule has 0 spiro atoms. The molecular weight excluding hydrogens is 402 g/mol. The Balaban J connectivity index is 1.51. The Morgan fingerprint density at radius 1 is 1.14 bits per heavy atom.